The van der Waals surface area contributed by atoms with Crippen molar-refractivity contribution in [3.63, 3.8) is 0 Å². The molecule has 152 valence electrons. The van der Waals surface area contributed by atoms with E-state index in [1.54, 1.807) is 30.3 Å². The Morgan fingerprint density at radius 1 is 0.933 bits per heavy atom. The summed E-state index contributed by atoms with van der Waals surface area (Å²) >= 11 is 0. The average Bonchev–Trinajstić information content (AvgIpc) is 3.31. The summed E-state index contributed by atoms with van der Waals surface area (Å²) in [6, 6.07) is 23.0. The van der Waals surface area contributed by atoms with E-state index in [2.05, 4.69) is 0 Å². The lowest BCUT2D eigenvalue weighted by Crippen LogP contribution is -2.40. The number of benzene rings is 3. The summed E-state index contributed by atoms with van der Waals surface area (Å²) in [6.07, 6.45) is 0. The van der Waals surface area contributed by atoms with Crippen molar-refractivity contribution in [2.45, 2.75) is 29.2 Å². The Morgan fingerprint density at radius 2 is 1.57 bits per heavy atom. The number of ether oxygens (including phenoxy) is 1. The van der Waals surface area contributed by atoms with Gasteiger partial charge >= 0.3 is 5.97 Å². The van der Waals surface area contributed by atoms with Gasteiger partial charge in [-0.25, -0.2) is 8.42 Å². The largest absolute Gasteiger partial charge is 0.468 e. The quantitative estimate of drug-likeness (QED) is 0.604. The van der Waals surface area contributed by atoms with Crippen molar-refractivity contribution in [3.05, 3.63) is 95.6 Å². The van der Waals surface area contributed by atoms with E-state index in [0.717, 1.165) is 16.7 Å². The summed E-state index contributed by atoms with van der Waals surface area (Å²) in [4.78, 5) is 13.3. The molecule has 1 aliphatic carbocycles. The molecule has 1 saturated carbocycles. The van der Waals surface area contributed by atoms with Gasteiger partial charge in [0.25, 0.3) is 10.0 Å². The van der Waals surface area contributed by atoms with Crippen molar-refractivity contribution < 1.29 is 17.9 Å². The summed E-state index contributed by atoms with van der Waals surface area (Å²) in [6.45, 7) is 1.91. The second-order valence-corrected chi connectivity index (χ2v) is 9.64. The molecule has 30 heavy (non-hydrogen) atoms. The number of esters is 1. The highest BCUT2D eigenvalue weighted by atomic mass is 32.2. The zero-order valence-corrected chi connectivity index (χ0v) is 17.5. The van der Waals surface area contributed by atoms with Gasteiger partial charge in [0.15, 0.2) is 0 Å². The second kappa shape index (κ2) is 6.44. The zero-order valence-electron chi connectivity index (χ0n) is 16.6. The zero-order chi connectivity index (χ0) is 21.1. The Labute approximate surface area is 176 Å². The van der Waals surface area contributed by atoms with Gasteiger partial charge in [-0.05, 0) is 36.2 Å². The van der Waals surface area contributed by atoms with E-state index >= 15 is 0 Å². The van der Waals surface area contributed by atoms with Crippen molar-refractivity contribution in [3.8, 4) is 0 Å². The number of nitrogens with zero attached hydrogens (tertiary/aromatic N) is 1. The van der Waals surface area contributed by atoms with Crippen LogP contribution in [0.1, 0.15) is 22.6 Å². The molecule has 0 aromatic heterocycles. The predicted molar refractivity (Wildman–Crippen MR) is 114 cm³/mol. The Hall–Kier alpha value is -3.12. The van der Waals surface area contributed by atoms with Crippen LogP contribution in [-0.4, -0.2) is 27.5 Å². The fourth-order valence-electron chi connectivity index (χ4n) is 4.91. The first-order valence-corrected chi connectivity index (χ1v) is 11.2. The maximum atomic E-state index is 13.7. The first-order valence-electron chi connectivity index (χ1n) is 9.78. The van der Waals surface area contributed by atoms with Gasteiger partial charge in [-0.2, -0.15) is 0 Å². The summed E-state index contributed by atoms with van der Waals surface area (Å²) in [7, 11) is -2.52. The second-order valence-electron chi connectivity index (χ2n) is 7.82. The molecule has 0 N–H and O–H groups in total. The summed E-state index contributed by atoms with van der Waals surface area (Å²) < 4.78 is 34.1. The lowest BCUT2D eigenvalue weighted by atomic mass is 9.89. The number of carbonyl (C=O) groups is 1. The van der Waals surface area contributed by atoms with Crippen LogP contribution in [-0.2, 0) is 25.0 Å². The van der Waals surface area contributed by atoms with E-state index in [0.29, 0.717) is 5.69 Å². The van der Waals surface area contributed by atoms with E-state index < -0.39 is 27.4 Å². The molecule has 1 heterocycles. The smallest absolute Gasteiger partial charge is 0.319 e. The van der Waals surface area contributed by atoms with Crippen LogP contribution >= 0.6 is 0 Å². The molecule has 2 aliphatic rings. The molecule has 5 nitrogen and oxygen atoms in total. The van der Waals surface area contributed by atoms with Crippen LogP contribution in [0.2, 0.25) is 0 Å². The Morgan fingerprint density at radius 3 is 2.23 bits per heavy atom. The van der Waals surface area contributed by atoms with Gasteiger partial charge in [0.2, 0.25) is 0 Å². The van der Waals surface area contributed by atoms with Crippen LogP contribution in [0.25, 0.3) is 0 Å². The molecule has 6 heteroatoms. The van der Waals surface area contributed by atoms with E-state index in [9.17, 15) is 13.2 Å². The van der Waals surface area contributed by atoms with Crippen LogP contribution in [0.3, 0.4) is 0 Å². The fourth-order valence-corrected chi connectivity index (χ4v) is 6.63. The molecule has 3 atom stereocenters. The van der Waals surface area contributed by atoms with Gasteiger partial charge in [0.05, 0.1) is 23.7 Å². The van der Waals surface area contributed by atoms with Gasteiger partial charge in [-0.15, -0.1) is 0 Å². The number of methoxy groups -OCH3 is 1. The molecule has 0 spiro atoms. The first-order chi connectivity index (χ1) is 14.4. The molecule has 5 rings (SSSR count). The fraction of sp³-hybridized carbons (Fsp3) is 0.208. The highest BCUT2D eigenvalue weighted by molar-refractivity contribution is 7.93. The van der Waals surface area contributed by atoms with Crippen molar-refractivity contribution >= 4 is 21.7 Å². The third-order valence-corrected chi connectivity index (χ3v) is 8.09. The van der Waals surface area contributed by atoms with Crippen LogP contribution in [0.15, 0.2) is 83.8 Å². The maximum absolute atomic E-state index is 13.7. The third-order valence-electron chi connectivity index (χ3n) is 6.28. The molecule has 1 aliphatic heterocycles. The van der Waals surface area contributed by atoms with Crippen molar-refractivity contribution in [2.75, 3.05) is 11.4 Å². The number of carbonyl (C=O) groups excluding carboxylic acids is 1. The lowest BCUT2D eigenvalue weighted by Gasteiger charge is -2.28. The molecule has 3 aromatic rings. The Kier molecular flexibility index (Phi) is 4.05. The van der Waals surface area contributed by atoms with Gasteiger partial charge in [-0.1, -0.05) is 66.2 Å². The molecule has 3 aromatic carbocycles. The normalized spacial score (nSPS) is 24.1. The van der Waals surface area contributed by atoms with Gasteiger partial charge < -0.3 is 4.74 Å². The van der Waals surface area contributed by atoms with Gasteiger partial charge in [0.1, 0.15) is 5.41 Å². The highest BCUT2D eigenvalue weighted by Crippen LogP contribution is 2.70. The lowest BCUT2D eigenvalue weighted by molar-refractivity contribution is -0.144. The van der Waals surface area contributed by atoms with Crippen LogP contribution in [0, 0.1) is 6.92 Å². The summed E-state index contributed by atoms with van der Waals surface area (Å²) in [5.41, 5.74) is 2.18. The molecular weight excluding hydrogens is 398 g/mol. The maximum Gasteiger partial charge on any atom is 0.319 e. The SMILES string of the molecule is COC(=O)[C@@]1(c2ccccc2)[C@@H]2c3ccccc3N(S(=O)(=O)c3ccc(C)cc3)[C@@H]21. The van der Waals surface area contributed by atoms with Crippen LogP contribution < -0.4 is 4.31 Å². The number of sulfonamides is 1. The highest BCUT2D eigenvalue weighted by Gasteiger charge is 2.79. The van der Waals surface area contributed by atoms with E-state index in [1.807, 2.05) is 55.5 Å². The number of rotatable bonds is 4. The molecule has 0 radical (unpaired) electrons. The third kappa shape index (κ3) is 2.34. The van der Waals surface area contributed by atoms with Crippen molar-refractivity contribution in [2.24, 2.45) is 0 Å². The summed E-state index contributed by atoms with van der Waals surface area (Å²) in [5.74, 6) is -0.703. The monoisotopic (exact) mass is 419 g/mol. The number of aryl methyl sites for hydroxylation is 1. The van der Waals surface area contributed by atoms with E-state index in [-0.39, 0.29) is 10.8 Å². The number of hydrogen-bond donors (Lipinski definition) is 0. The molecule has 0 bridgehead atoms. The Balaban J connectivity index is 1.73. The summed E-state index contributed by atoms with van der Waals surface area (Å²) in [5, 5.41) is 0. The van der Waals surface area contributed by atoms with Crippen molar-refractivity contribution in [1.29, 1.82) is 0 Å². The topological polar surface area (TPSA) is 63.7 Å². The first kappa shape index (κ1) is 18.9. The van der Waals surface area contributed by atoms with E-state index in [1.165, 1.54) is 11.4 Å². The Bertz CT molecular complexity index is 1240. The number of fused-ring (bicyclic) bond motifs is 3. The molecular formula is C24H21NO4S. The molecule has 0 amide bonds. The predicted octanol–water partition coefficient (Wildman–Crippen LogP) is 3.78. The van der Waals surface area contributed by atoms with Crippen LogP contribution in [0.4, 0.5) is 5.69 Å². The molecule has 0 unspecified atom stereocenters. The molecule has 0 saturated heterocycles. The van der Waals surface area contributed by atoms with E-state index in [4.69, 9.17) is 4.74 Å². The minimum Gasteiger partial charge on any atom is -0.468 e. The molecule has 1 fully saturated rings. The number of para-hydroxylation sites is 1. The van der Waals surface area contributed by atoms with Crippen molar-refractivity contribution in [1.82, 2.24) is 0 Å². The van der Waals surface area contributed by atoms with Gasteiger partial charge in [0, 0.05) is 5.92 Å². The average molecular weight is 420 g/mol. The standard InChI is InChI=1S/C24H21NO4S/c1-16-12-14-18(15-13-16)30(27,28)25-20-11-7-6-10-19(20)21-22(25)24(21,23(26)29-2)17-8-4-3-5-9-17/h3-15,21-22H,1-2H3/t21-,22+,24+/m1/s1. The number of anilines is 1. The minimum absolute atomic E-state index is 0.210. The minimum atomic E-state index is -3.87. The van der Waals surface area contributed by atoms with Crippen LogP contribution in [0.5, 0.6) is 0 Å². The number of hydrogen-bond acceptors (Lipinski definition) is 4. The van der Waals surface area contributed by atoms with Gasteiger partial charge in [-0.3, -0.25) is 9.10 Å².